The molecule has 0 spiro atoms. The first kappa shape index (κ1) is 12.5. The zero-order valence-electron chi connectivity index (χ0n) is 9.83. The Hall–Kier alpha value is -0.570. The van der Waals surface area contributed by atoms with Gasteiger partial charge in [0, 0.05) is 19.4 Å². The molecule has 3 nitrogen and oxygen atoms in total. The Morgan fingerprint density at radius 3 is 3.00 bits per heavy atom. The molecule has 0 radical (unpaired) electrons. The summed E-state index contributed by atoms with van der Waals surface area (Å²) in [6.07, 6.45) is 5.76. The number of ether oxygens (including phenoxy) is 2. The number of esters is 1. The maximum Gasteiger partial charge on any atom is 0.306 e. The fraction of sp³-hybridized carbons (Fsp3) is 0.917. The molecule has 1 aliphatic heterocycles. The molecule has 15 heavy (non-hydrogen) atoms. The Kier molecular flexibility index (Phi) is 5.69. The van der Waals surface area contributed by atoms with Crippen LogP contribution in [0.25, 0.3) is 0 Å². The van der Waals surface area contributed by atoms with E-state index in [0.717, 1.165) is 38.7 Å². The van der Waals surface area contributed by atoms with Crippen molar-refractivity contribution in [2.24, 2.45) is 0 Å². The lowest BCUT2D eigenvalue weighted by atomic mass is 10.1. The van der Waals surface area contributed by atoms with Gasteiger partial charge >= 0.3 is 5.97 Å². The summed E-state index contributed by atoms with van der Waals surface area (Å²) in [4.78, 5) is 11.3. The van der Waals surface area contributed by atoms with Crippen LogP contribution in [0, 0.1) is 0 Å². The lowest BCUT2D eigenvalue weighted by molar-refractivity contribution is -0.149. The van der Waals surface area contributed by atoms with E-state index in [-0.39, 0.29) is 18.2 Å². The zero-order valence-corrected chi connectivity index (χ0v) is 9.83. The normalized spacial score (nSPS) is 28.8. The Morgan fingerprint density at radius 2 is 2.27 bits per heavy atom. The lowest BCUT2D eigenvalue weighted by Gasteiger charge is -2.20. The highest BCUT2D eigenvalue weighted by atomic mass is 16.5. The highest BCUT2D eigenvalue weighted by Gasteiger charge is 2.19. The summed E-state index contributed by atoms with van der Waals surface area (Å²) in [5.74, 6) is -0.0568. The van der Waals surface area contributed by atoms with Gasteiger partial charge in [-0.05, 0) is 26.2 Å². The minimum atomic E-state index is -0.0568. The molecule has 1 rings (SSSR count). The van der Waals surface area contributed by atoms with Crippen molar-refractivity contribution in [1.29, 1.82) is 0 Å². The number of carbonyl (C=O) groups is 1. The monoisotopic (exact) mass is 214 g/mol. The second kappa shape index (κ2) is 6.83. The molecule has 88 valence electrons. The molecule has 0 aliphatic carbocycles. The van der Waals surface area contributed by atoms with Gasteiger partial charge in [-0.3, -0.25) is 4.79 Å². The Bertz CT molecular complexity index is 191. The largest absolute Gasteiger partial charge is 0.463 e. The molecule has 1 saturated heterocycles. The standard InChI is InChI=1S/C12H22O3/c1-3-8-14-11-6-4-5-7-12(13)15-10(2)9-11/h10-11H,3-9H2,1-2H3. The summed E-state index contributed by atoms with van der Waals surface area (Å²) in [5.41, 5.74) is 0. The minimum absolute atomic E-state index is 0.00236. The van der Waals surface area contributed by atoms with Crippen LogP contribution in [-0.2, 0) is 14.3 Å². The van der Waals surface area contributed by atoms with Crippen LogP contribution in [0.1, 0.15) is 52.4 Å². The summed E-state index contributed by atoms with van der Waals surface area (Å²) in [7, 11) is 0. The predicted molar refractivity (Wildman–Crippen MR) is 58.7 cm³/mol. The third kappa shape index (κ3) is 5.17. The molecule has 0 bridgehead atoms. The second-order valence-electron chi connectivity index (χ2n) is 4.27. The second-order valence-corrected chi connectivity index (χ2v) is 4.27. The highest BCUT2D eigenvalue weighted by molar-refractivity contribution is 5.69. The van der Waals surface area contributed by atoms with E-state index in [1.54, 1.807) is 0 Å². The predicted octanol–water partition coefficient (Wildman–Crippen LogP) is 2.68. The molecule has 1 heterocycles. The van der Waals surface area contributed by atoms with E-state index < -0.39 is 0 Å². The Labute approximate surface area is 92.1 Å². The van der Waals surface area contributed by atoms with E-state index in [2.05, 4.69) is 6.92 Å². The van der Waals surface area contributed by atoms with E-state index in [1.807, 2.05) is 6.92 Å². The van der Waals surface area contributed by atoms with Crippen molar-refractivity contribution in [2.45, 2.75) is 64.6 Å². The molecule has 0 aromatic carbocycles. The fourth-order valence-corrected chi connectivity index (χ4v) is 1.90. The van der Waals surface area contributed by atoms with Crippen LogP contribution in [-0.4, -0.2) is 24.8 Å². The van der Waals surface area contributed by atoms with Gasteiger partial charge in [0.15, 0.2) is 0 Å². The molecule has 0 aromatic rings. The molecule has 3 heteroatoms. The van der Waals surface area contributed by atoms with Crippen molar-refractivity contribution in [3.63, 3.8) is 0 Å². The molecule has 0 aromatic heterocycles. The third-order valence-electron chi connectivity index (χ3n) is 2.64. The molecule has 1 fully saturated rings. The van der Waals surface area contributed by atoms with Crippen LogP contribution in [0.15, 0.2) is 0 Å². The van der Waals surface area contributed by atoms with Gasteiger partial charge in [-0.1, -0.05) is 13.3 Å². The van der Waals surface area contributed by atoms with Gasteiger partial charge in [0.2, 0.25) is 0 Å². The first-order valence-electron chi connectivity index (χ1n) is 6.03. The van der Waals surface area contributed by atoms with Crippen molar-refractivity contribution >= 4 is 5.97 Å². The summed E-state index contributed by atoms with van der Waals surface area (Å²) >= 11 is 0. The van der Waals surface area contributed by atoms with Crippen LogP contribution in [0.2, 0.25) is 0 Å². The van der Waals surface area contributed by atoms with Crippen molar-refractivity contribution in [3.8, 4) is 0 Å². The molecule has 2 unspecified atom stereocenters. The first-order valence-corrected chi connectivity index (χ1v) is 6.03. The topological polar surface area (TPSA) is 35.5 Å². The fourth-order valence-electron chi connectivity index (χ4n) is 1.90. The molecular weight excluding hydrogens is 192 g/mol. The molecule has 0 N–H and O–H groups in total. The first-order chi connectivity index (χ1) is 7.22. The van der Waals surface area contributed by atoms with Gasteiger partial charge in [-0.15, -0.1) is 0 Å². The smallest absolute Gasteiger partial charge is 0.306 e. The molecule has 2 atom stereocenters. The van der Waals surface area contributed by atoms with Gasteiger partial charge in [-0.2, -0.15) is 0 Å². The van der Waals surface area contributed by atoms with Crippen LogP contribution in [0.5, 0.6) is 0 Å². The molecule has 1 aliphatic rings. The van der Waals surface area contributed by atoms with Gasteiger partial charge in [0.1, 0.15) is 6.10 Å². The Morgan fingerprint density at radius 1 is 1.47 bits per heavy atom. The molecular formula is C12H22O3. The van der Waals surface area contributed by atoms with E-state index in [9.17, 15) is 4.79 Å². The number of carbonyl (C=O) groups excluding carboxylic acids is 1. The summed E-state index contributed by atoms with van der Waals surface area (Å²) in [6, 6.07) is 0. The SMILES string of the molecule is CCCOC1CCCCC(=O)OC(C)C1. The number of hydrogen-bond acceptors (Lipinski definition) is 3. The maximum atomic E-state index is 11.3. The average molecular weight is 214 g/mol. The van der Waals surface area contributed by atoms with Gasteiger partial charge in [-0.25, -0.2) is 0 Å². The van der Waals surface area contributed by atoms with Crippen LogP contribution in [0.3, 0.4) is 0 Å². The van der Waals surface area contributed by atoms with Crippen molar-refractivity contribution in [2.75, 3.05) is 6.61 Å². The quantitative estimate of drug-likeness (QED) is 0.677. The lowest BCUT2D eigenvalue weighted by Crippen LogP contribution is -2.22. The highest BCUT2D eigenvalue weighted by Crippen LogP contribution is 2.17. The van der Waals surface area contributed by atoms with Crippen LogP contribution in [0.4, 0.5) is 0 Å². The minimum Gasteiger partial charge on any atom is -0.463 e. The van der Waals surface area contributed by atoms with Gasteiger partial charge in [0.05, 0.1) is 6.10 Å². The van der Waals surface area contributed by atoms with E-state index >= 15 is 0 Å². The number of rotatable bonds is 3. The summed E-state index contributed by atoms with van der Waals surface area (Å²) < 4.78 is 11.0. The molecule has 0 saturated carbocycles. The van der Waals surface area contributed by atoms with E-state index in [0.29, 0.717) is 6.42 Å². The van der Waals surface area contributed by atoms with Crippen molar-refractivity contribution in [1.82, 2.24) is 0 Å². The maximum absolute atomic E-state index is 11.3. The van der Waals surface area contributed by atoms with Crippen LogP contribution >= 0.6 is 0 Å². The van der Waals surface area contributed by atoms with E-state index in [1.165, 1.54) is 0 Å². The summed E-state index contributed by atoms with van der Waals surface area (Å²) in [6.45, 7) is 4.87. The summed E-state index contributed by atoms with van der Waals surface area (Å²) in [5, 5.41) is 0. The van der Waals surface area contributed by atoms with E-state index in [4.69, 9.17) is 9.47 Å². The number of cyclic esters (lactones) is 1. The Balaban J connectivity index is 2.39. The van der Waals surface area contributed by atoms with Crippen molar-refractivity contribution < 1.29 is 14.3 Å². The van der Waals surface area contributed by atoms with Gasteiger partial charge in [0.25, 0.3) is 0 Å². The average Bonchev–Trinajstić information content (AvgIpc) is 2.26. The van der Waals surface area contributed by atoms with Crippen LogP contribution < -0.4 is 0 Å². The third-order valence-corrected chi connectivity index (χ3v) is 2.64. The molecule has 0 amide bonds. The van der Waals surface area contributed by atoms with Crippen molar-refractivity contribution in [3.05, 3.63) is 0 Å². The zero-order chi connectivity index (χ0) is 11.1. The van der Waals surface area contributed by atoms with Gasteiger partial charge < -0.3 is 9.47 Å². The number of hydrogen-bond donors (Lipinski definition) is 0.